The van der Waals surface area contributed by atoms with Gasteiger partial charge in [-0.1, -0.05) is 46.0 Å². The number of unbranched alkanes of at least 4 members (excludes halogenated alkanes) is 6. The summed E-state index contributed by atoms with van der Waals surface area (Å²) in [6.45, 7) is 9.48. The van der Waals surface area contributed by atoms with E-state index in [9.17, 15) is 0 Å². The van der Waals surface area contributed by atoms with Gasteiger partial charge in [0.25, 0.3) is 0 Å². The van der Waals surface area contributed by atoms with E-state index in [2.05, 4.69) is 39.1 Å². The number of hydrogen-bond acceptors (Lipinski definition) is 0. The van der Waals surface area contributed by atoms with Gasteiger partial charge in [0.15, 0.2) is 0 Å². The number of nitrogens with zero attached hydrogens (tertiary/aromatic N) is 1. The molecule has 1 aliphatic rings. The van der Waals surface area contributed by atoms with Crippen LogP contribution in [0.3, 0.4) is 0 Å². The van der Waals surface area contributed by atoms with Crippen molar-refractivity contribution in [2.45, 2.75) is 72.1 Å². The zero-order valence-corrected chi connectivity index (χ0v) is 12.8. The molecule has 0 aromatic heterocycles. The number of quaternary nitrogens is 1. The monoisotopic (exact) mass is 250 g/mol. The highest BCUT2D eigenvalue weighted by Gasteiger charge is 2.28. The van der Waals surface area contributed by atoms with E-state index in [0.717, 1.165) is 4.48 Å². The van der Waals surface area contributed by atoms with Crippen molar-refractivity contribution in [3.8, 4) is 0 Å². The number of rotatable bonds is 10. The molecule has 0 fully saturated rings. The Morgan fingerprint density at radius 2 is 1.44 bits per heavy atom. The van der Waals surface area contributed by atoms with E-state index in [1.165, 1.54) is 70.2 Å². The third kappa shape index (κ3) is 4.61. The summed E-state index contributed by atoms with van der Waals surface area (Å²) in [4.78, 5) is 0. The lowest BCUT2D eigenvalue weighted by molar-refractivity contribution is -0.839. The van der Waals surface area contributed by atoms with Crippen LogP contribution >= 0.6 is 0 Å². The van der Waals surface area contributed by atoms with E-state index < -0.39 is 0 Å². The Balaban J connectivity index is 2.30. The van der Waals surface area contributed by atoms with E-state index in [1.54, 1.807) is 0 Å². The fourth-order valence-corrected chi connectivity index (χ4v) is 2.84. The normalized spacial score (nSPS) is 22.5. The minimum Gasteiger partial charge on any atom is -0.269 e. The van der Waals surface area contributed by atoms with E-state index in [0.29, 0.717) is 0 Å². The number of hydrogen-bond donors (Lipinski definition) is 0. The van der Waals surface area contributed by atoms with Crippen molar-refractivity contribution in [1.82, 2.24) is 0 Å². The van der Waals surface area contributed by atoms with Gasteiger partial charge in [0.1, 0.15) is 11.9 Å². The lowest BCUT2D eigenvalue weighted by Gasteiger charge is -2.33. The van der Waals surface area contributed by atoms with Crippen LogP contribution in [0, 0.1) is 0 Å². The summed E-state index contributed by atoms with van der Waals surface area (Å²) in [5.41, 5.74) is 1.54. The van der Waals surface area contributed by atoms with Crippen LogP contribution in [0.4, 0.5) is 0 Å². The maximum atomic E-state index is 2.41. The first-order chi connectivity index (χ1) is 8.75. The van der Waals surface area contributed by atoms with Crippen molar-refractivity contribution in [2.75, 3.05) is 13.1 Å². The van der Waals surface area contributed by atoms with Gasteiger partial charge in [-0.05, 0) is 31.4 Å². The Labute approximate surface area is 114 Å². The van der Waals surface area contributed by atoms with E-state index in [-0.39, 0.29) is 0 Å². The summed E-state index contributed by atoms with van der Waals surface area (Å²) in [5, 5.41) is 0. The third-order valence-corrected chi connectivity index (χ3v) is 4.23. The molecule has 1 atom stereocenters. The van der Waals surface area contributed by atoms with E-state index in [1.807, 2.05) is 0 Å². The van der Waals surface area contributed by atoms with Crippen molar-refractivity contribution in [2.24, 2.45) is 0 Å². The van der Waals surface area contributed by atoms with Crippen LogP contribution in [0.2, 0.25) is 0 Å². The highest BCUT2D eigenvalue weighted by molar-refractivity contribution is 5.11. The average molecular weight is 250 g/mol. The molecule has 0 aromatic carbocycles. The maximum absolute atomic E-state index is 2.41. The van der Waals surface area contributed by atoms with Gasteiger partial charge >= 0.3 is 0 Å². The summed E-state index contributed by atoms with van der Waals surface area (Å²) in [7, 11) is 0. The highest BCUT2D eigenvalue weighted by Crippen LogP contribution is 2.26. The van der Waals surface area contributed by atoms with Gasteiger partial charge in [-0.25, -0.2) is 0 Å². The van der Waals surface area contributed by atoms with Crippen molar-refractivity contribution >= 4 is 0 Å². The standard InChI is InChI=1S/C17H32N/c1-4-6-8-9-10-11-15-18(14-7-5-2)16-12-13-17(18)3/h12-13,16H,4-11,14-15H2,1-3H3/q+1. The second-order valence-corrected chi connectivity index (χ2v) is 5.75. The largest absolute Gasteiger partial charge is 0.269 e. The van der Waals surface area contributed by atoms with Gasteiger partial charge in [-0.3, -0.25) is 4.48 Å². The van der Waals surface area contributed by atoms with Gasteiger partial charge in [-0.15, -0.1) is 0 Å². The molecular formula is C17H32N+. The molecule has 1 heteroatoms. The average Bonchev–Trinajstić information content (AvgIpc) is 2.73. The van der Waals surface area contributed by atoms with Crippen LogP contribution < -0.4 is 0 Å². The van der Waals surface area contributed by atoms with E-state index >= 15 is 0 Å². The zero-order valence-electron chi connectivity index (χ0n) is 12.8. The van der Waals surface area contributed by atoms with Gasteiger partial charge in [0.05, 0.1) is 13.1 Å². The first kappa shape index (κ1) is 15.5. The van der Waals surface area contributed by atoms with Gasteiger partial charge in [0, 0.05) is 6.92 Å². The summed E-state index contributed by atoms with van der Waals surface area (Å²) in [6, 6.07) is 0. The smallest absolute Gasteiger partial charge is 0.110 e. The molecular weight excluding hydrogens is 218 g/mol. The molecule has 0 radical (unpaired) electrons. The van der Waals surface area contributed by atoms with Crippen LogP contribution in [-0.4, -0.2) is 17.6 Å². The molecule has 0 aliphatic carbocycles. The fourth-order valence-electron chi connectivity index (χ4n) is 2.84. The summed E-state index contributed by atoms with van der Waals surface area (Å²) in [5.74, 6) is 0. The minimum absolute atomic E-state index is 1.14. The van der Waals surface area contributed by atoms with Crippen molar-refractivity contribution in [1.29, 1.82) is 0 Å². The molecule has 0 aromatic rings. The highest BCUT2D eigenvalue weighted by atomic mass is 15.4. The van der Waals surface area contributed by atoms with Crippen LogP contribution in [0.1, 0.15) is 72.1 Å². The lowest BCUT2D eigenvalue weighted by Crippen LogP contribution is -2.41. The Kier molecular flexibility index (Phi) is 7.34. The van der Waals surface area contributed by atoms with Crippen LogP contribution in [-0.2, 0) is 0 Å². The first-order valence-corrected chi connectivity index (χ1v) is 7.98. The Bertz CT molecular complexity index is 277. The molecule has 0 saturated heterocycles. The molecule has 1 heterocycles. The molecule has 0 saturated carbocycles. The minimum atomic E-state index is 1.14. The molecule has 0 bridgehead atoms. The van der Waals surface area contributed by atoms with Gasteiger partial charge < -0.3 is 0 Å². The molecule has 104 valence electrons. The summed E-state index contributed by atoms with van der Waals surface area (Å²) in [6.07, 6.45) is 18.0. The lowest BCUT2D eigenvalue weighted by atomic mass is 10.1. The third-order valence-electron chi connectivity index (χ3n) is 4.23. The molecule has 18 heavy (non-hydrogen) atoms. The predicted octanol–water partition coefficient (Wildman–Crippen LogP) is 5.39. The van der Waals surface area contributed by atoms with Crippen molar-refractivity contribution in [3.05, 3.63) is 24.0 Å². The number of allylic oxidation sites excluding steroid dienone is 3. The predicted molar refractivity (Wildman–Crippen MR) is 81.2 cm³/mol. The Morgan fingerprint density at radius 3 is 2.06 bits per heavy atom. The molecule has 1 rings (SSSR count). The Hall–Kier alpha value is -0.560. The zero-order chi connectivity index (χ0) is 13.3. The first-order valence-electron chi connectivity index (χ1n) is 7.98. The molecule has 1 unspecified atom stereocenters. The molecule has 0 N–H and O–H groups in total. The van der Waals surface area contributed by atoms with Gasteiger partial charge in [0.2, 0.25) is 0 Å². The Morgan fingerprint density at radius 1 is 0.833 bits per heavy atom. The molecule has 0 spiro atoms. The topological polar surface area (TPSA) is 0 Å². The summed E-state index contributed by atoms with van der Waals surface area (Å²) >= 11 is 0. The quantitative estimate of drug-likeness (QED) is 0.360. The van der Waals surface area contributed by atoms with Crippen LogP contribution in [0.15, 0.2) is 24.0 Å². The van der Waals surface area contributed by atoms with Crippen LogP contribution in [0.5, 0.6) is 0 Å². The van der Waals surface area contributed by atoms with Gasteiger partial charge in [-0.2, -0.15) is 0 Å². The molecule has 1 nitrogen and oxygen atoms in total. The second-order valence-electron chi connectivity index (χ2n) is 5.75. The summed E-state index contributed by atoms with van der Waals surface area (Å²) < 4.78 is 1.14. The SMILES string of the molecule is CCCCCCCC[N+]1(CCCC)C=CC=C1C. The van der Waals surface area contributed by atoms with Crippen molar-refractivity contribution < 1.29 is 4.48 Å². The van der Waals surface area contributed by atoms with E-state index in [4.69, 9.17) is 0 Å². The fraction of sp³-hybridized carbons (Fsp3) is 0.765. The maximum Gasteiger partial charge on any atom is 0.110 e. The van der Waals surface area contributed by atoms with Crippen LogP contribution in [0.25, 0.3) is 0 Å². The molecule has 0 amide bonds. The molecule has 1 aliphatic heterocycles. The van der Waals surface area contributed by atoms with Crippen molar-refractivity contribution in [3.63, 3.8) is 0 Å². The second kappa shape index (κ2) is 8.53.